The van der Waals surface area contributed by atoms with Crippen molar-refractivity contribution in [2.24, 2.45) is 5.92 Å². The smallest absolute Gasteiger partial charge is 0.234 e. The zero-order valence-electron chi connectivity index (χ0n) is 15.2. The number of methoxy groups -OCH3 is 3. The molecular weight excluding hydrogens is 324 g/mol. The van der Waals surface area contributed by atoms with Crippen molar-refractivity contribution in [1.82, 2.24) is 10.2 Å². The molecule has 7 nitrogen and oxygen atoms in total. The lowest BCUT2D eigenvalue weighted by Crippen LogP contribution is -2.41. The third-order valence-corrected chi connectivity index (χ3v) is 4.60. The second-order valence-corrected chi connectivity index (χ2v) is 6.20. The Bertz CT molecular complexity index is 571. The zero-order valence-corrected chi connectivity index (χ0v) is 15.2. The Labute approximate surface area is 148 Å². The van der Waals surface area contributed by atoms with E-state index in [1.54, 1.807) is 27.4 Å². The van der Waals surface area contributed by atoms with Gasteiger partial charge in [0.05, 0.1) is 27.9 Å². The third-order valence-electron chi connectivity index (χ3n) is 4.60. The molecule has 2 rings (SSSR count). The maximum absolute atomic E-state index is 12.2. The van der Waals surface area contributed by atoms with Crippen LogP contribution in [0.15, 0.2) is 12.1 Å². The van der Waals surface area contributed by atoms with Crippen LogP contribution < -0.4 is 19.5 Å². The van der Waals surface area contributed by atoms with Crippen LogP contribution in [-0.4, -0.2) is 63.5 Å². The van der Waals surface area contributed by atoms with Crippen LogP contribution in [0.4, 0.5) is 0 Å². The normalized spacial score (nSPS) is 15.7. The summed E-state index contributed by atoms with van der Waals surface area (Å²) in [5.41, 5.74) is 0.826. The molecule has 7 heteroatoms. The van der Waals surface area contributed by atoms with Crippen molar-refractivity contribution in [3.8, 4) is 17.2 Å². The molecule has 140 valence electrons. The van der Waals surface area contributed by atoms with Crippen LogP contribution in [0.1, 0.15) is 18.4 Å². The molecule has 25 heavy (non-hydrogen) atoms. The largest absolute Gasteiger partial charge is 0.496 e. The van der Waals surface area contributed by atoms with E-state index in [0.29, 0.717) is 36.3 Å². The van der Waals surface area contributed by atoms with Gasteiger partial charge < -0.3 is 24.6 Å². The third kappa shape index (κ3) is 5.24. The summed E-state index contributed by atoms with van der Waals surface area (Å²) < 4.78 is 15.9. The van der Waals surface area contributed by atoms with Gasteiger partial charge in [-0.15, -0.1) is 0 Å². The standard InChI is InChI=1S/C18H28N2O5/c1-23-15-9-17(25-3)16(24-2)8-14(15)10-19-18(22)11-20-6-4-13(12-21)5-7-20/h8-9,13,21H,4-7,10-12H2,1-3H3,(H,19,22). The number of amides is 1. The number of carbonyl (C=O) groups excluding carboxylic acids is 1. The molecule has 0 unspecified atom stereocenters. The Balaban J connectivity index is 1.91. The number of likely N-dealkylation sites (tertiary alicyclic amines) is 1. The minimum atomic E-state index is -0.0284. The molecule has 0 spiro atoms. The van der Waals surface area contributed by atoms with Gasteiger partial charge in [0.1, 0.15) is 5.75 Å². The van der Waals surface area contributed by atoms with E-state index >= 15 is 0 Å². The van der Waals surface area contributed by atoms with Gasteiger partial charge in [0.25, 0.3) is 0 Å². The lowest BCUT2D eigenvalue weighted by atomic mass is 9.98. The number of ether oxygens (including phenoxy) is 3. The summed E-state index contributed by atoms with van der Waals surface area (Å²) in [4.78, 5) is 14.3. The minimum Gasteiger partial charge on any atom is -0.496 e. The minimum absolute atomic E-state index is 0.0284. The van der Waals surface area contributed by atoms with Crippen molar-refractivity contribution < 1.29 is 24.1 Å². The Kier molecular flexibility index (Phi) is 7.33. The maximum atomic E-state index is 12.2. The first-order chi connectivity index (χ1) is 12.1. The average molecular weight is 352 g/mol. The Hall–Kier alpha value is -1.99. The first-order valence-electron chi connectivity index (χ1n) is 8.50. The van der Waals surface area contributed by atoms with Crippen LogP contribution in [-0.2, 0) is 11.3 Å². The predicted molar refractivity (Wildman–Crippen MR) is 94.2 cm³/mol. The Morgan fingerprint density at radius 1 is 1.12 bits per heavy atom. The summed E-state index contributed by atoms with van der Waals surface area (Å²) in [5, 5.41) is 12.1. The van der Waals surface area contributed by atoms with Gasteiger partial charge in [0.15, 0.2) is 11.5 Å². The molecule has 1 saturated heterocycles. The summed E-state index contributed by atoms with van der Waals surface area (Å²) in [5.74, 6) is 2.16. The van der Waals surface area contributed by atoms with E-state index in [-0.39, 0.29) is 12.5 Å². The highest BCUT2D eigenvalue weighted by Gasteiger charge is 2.20. The first kappa shape index (κ1) is 19.3. The number of nitrogens with one attached hydrogen (secondary N) is 1. The molecule has 1 aliphatic rings. The van der Waals surface area contributed by atoms with Gasteiger partial charge in [0.2, 0.25) is 5.91 Å². The summed E-state index contributed by atoms with van der Waals surface area (Å²) in [6.07, 6.45) is 1.88. The van der Waals surface area contributed by atoms with E-state index in [0.717, 1.165) is 31.5 Å². The van der Waals surface area contributed by atoms with E-state index in [9.17, 15) is 9.90 Å². The van der Waals surface area contributed by atoms with Crippen LogP contribution in [0.5, 0.6) is 17.2 Å². The molecular formula is C18H28N2O5. The lowest BCUT2D eigenvalue weighted by Gasteiger charge is -2.30. The van der Waals surface area contributed by atoms with Gasteiger partial charge in [-0.2, -0.15) is 0 Å². The van der Waals surface area contributed by atoms with Crippen molar-refractivity contribution in [2.75, 3.05) is 47.6 Å². The first-order valence-corrected chi connectivity index (χ1v) is 8.50. The van der Waals surface area contributed by atoms with E-state index in [1.165, 1.54) is 0 Å². The monoisotopic (exact) mass is 352 g/mol. The summed E-state index contributed by atoms with van der Waals surface area (Å²) in [7, 11) is 4.72. The van der Waals surface area contributed by atoms with Crippen LogP contribution in [0, 0.1) is 5.92 Å². The van der Waals surface area contributed by atoms with Crippen molar-refractivity contribution in [3.05, 3.63) is 17.7 Å². The van der Waals surface area contributed by atoms with Crippen LogP contribution in [0.3, 0.4) is 0 Å². The van der Waals surface area contributed by atoms with E-state index in [4.69, 9.17) is 14.2 Å². The number of piperidine rings is 1. The second-order valence-electron chi connectivity index (χ2n) is 6.20. The summed E-state index contributed by atoms with van der Waals surface area (Å²) in [6.45, 7) is 2.65. The maximum Gasteiger partial charge on any atom is 0.234 e. The molecule has 1 aromatic carbocycles. The fourth-order valence-corrected chi connectivity index (χ4v) is 3.01. The Morgan fingerprint density at radius 2 is 1.72 bits per heavy atom. The topological polar surface area (TPSA) is 80.3 Å². The highest BCUT2D eigenvalue weighted by molar-refractivity contribution is 5.78. The summed E-state index contributed by atoms with van der Waals surface area (Å²) >= 11 is 0. The number of carbonyl (C=O) groups is 1. The molecule has 0 bridgehead atoms. The molecule has 1 fully saturated rings. The molecule has 0 saturated carbocycles. The number of benzene rings is 1. The van der Waals surface area contributed by atoms with E-state index in [1.807, 2.05) is 6.07 Å². The van der Waals surface area contributed by atoms with Crippen molar-refractivity contribution in [2.45, 2.75) is 19.4 Å². The molecule has 1 amide bonds. The van der Waals surface area contributed by atoms with E-state index < -0.39 is 0 Å². The number of hydrogen-bond donors (Lipinski definition) is 2. The SMILES string of the molecule is COc1cc(OC)c(OC)cc1CNC(=O)CN1CCC(CO)CC1. The molecule has 0 radical (unpaired) electrons. The number of rotatable bonds is 8. The molecule has 1 aliphatic heterocycles. The van der Waals surface area contributed by atoms with Gasteiger partial charge in [-0.05, 0) is 37.9 Å². The van der Waals surface area contributed by atoms with Gasteiger partial charge in [-0.1, -0.05) is 0 Å². The summed E-state index contributed by atoms with van der Waals surface area (Å²) in [6, 6.07) is 3.56. The molecule has 0 aliphatic carbocycles. The number of aliphatic hydroxyl groups is 1. The van der Waals surface area contributed by atoms with Crippen LogP contribution in [0.2, 0.25) is 0 Å². The van der Waals surface area contributed by atoms with Crippen molar-refractivity contribution in [3.63, 3.8) is 0 Å². The van der Waals surface area contributed by atoms with E-state index in [2.05, 4.69) is 10.2 Å². The highest BCUT2D eigenvalue weighted by atomic mass is 16.5. The molecule has 0 aromatic heterocycles. The fourth-order valence-electron chi connectivity index (χ4n) is 3.01. The van der Waals surface area contributed by atoms with Crippen LogP contribution in [0.25, 0.3) is 0 Å². The number of aliphatic hydroxyl groups excluding tert-OH is 1. The molecule has 1 aromatic rings. The van der Waals surface area contributed by atoms with Crippen molar-refractivity contribution >= 4 is 5.91 Å². The quantitative estimate of drug-likeness (QED) is 0.728. The molecule has 0 atom stereocenters. The van der Waals surface area contributed by atoms with Gasteiger partial charge in [-0.3, -0.25) is 9.69 Å². The second kappa shape index (κ2) is 9.48. The number of nitrogens with zero attached hydrogens (tertiary/aromatic N) is 1. The Morgan fingerprint density at radius 3 is 2.28 bits per heavy atom. The van der Waals surface area contributed by atoms with Gasteiger partial charge >= 0.3 is 0 Å². The number of hydrogen-bond acceptors (Lipinski definition) is 6. The fraction of sp³-hybridized carbons (Fsp3) is 0.611. The predicted octanol–water partition coefficient (Wildman–Crippen LogP) is 1.03. The van der Waals surface area contributed by atoms with Crippen molar-refractivity contribution in [1.29, 1.82) is 0 Å². The van der Waals surface area contributed by atoms with Gasteiger partial charge in [0, 0.05) is 24.8 Å². The highest BCUT2D eigenvalue weighted by Crippen LogP contribution is 2.34. The molecule has 1 heterocycles. The molecule has 2 N–H and O–H groups in total. The lowest BCUT2D eigenvalue weighted by molar-refractivity contribution is -0.122. The van der Waals surface area contributed by atoms with Crippen LogP contribution >= 0.6 is 0 Å². The zero-order chi connectivity index (χ0) is 18.2. The average Bonchev–Trinajstić information content (AvgIpc) is 2.66. The van der Waals surface area contributed by atoms with Gasteiger partial charge in [-0.25, -0.2) is 0 Å².